The van der Waals surface area contributed by atoms with Crippen LogP contribution in [-0.4, -0.2) is 42.1 Å². The third-order valence-electron chi connectivity index (χ3n) is 3.00. The molecule has 1 amide bonds. The van der Waals surface area contributed by atoms with Crippen LogP contribution >= 0.6 is 11.3 Å². The Morgan fingerprint density at radius 3 is 2.89 bits per heavy atom. The Labute approximate surface area is 115 Å². The minimum atomic E-state index is 0.0301. The predicted molar refractivity (Wildman–Crippen MR) is 76.1 cm³/mol. The summed E-state index contributed by atoms with van der Waals surface area (Å²) in [6.45, 7) is 2.59. The topological polar surface area (TPSA) is 42.4 Å². The summed E-state index contributed by atoms with van der Waals surface area (Å²) < 4.78 is 6.36. The van der Waals surface area contributed by atoms with Crippen molar-refractivity contribution >= 4 is 33.5 Å². The third kappa shape index (κ3) is 2.83. The molecule has 2 heterocycles. The molecule has 98 valence electrons. The van der Waals surface area contributed by atoms with Crippen molar-refractivity contribution in [3.8, 4) is 0 Å². The highest BCUT2D eigenvalue weighted by Gasteiger charge is 2.14. The number of ether oxygens (including phenoxy) is 1. The number of hydrogen-bond donors (Lipinski definition) is 0. The van der Waals surface area contributed by atoms with Crippen LogP contribution < -0.4 is 0 Å². The van der Waals surface area contributed by atoms with Crippen molar-refractivity contribution in [2.24, 2.45) is 0 Å². The summed E-state index contributed by atoms with van der Waals surface area (Å²) in [5.74, 6) is 0.0301. The largest absolute Gasteiger partial charge is 0.378 e. The second-order valence-corrected chi connectivity index (χ2v) is 5.35. The molecule has 0 saturated carbocycles. The molecule has 5 heteroatoms. The molecular formula is C14H14N2O2S. The Kier molecular flexibility index (Phi) is 3.57. The first-order valence-corrected chi connectivity index (χ1v) is 7.05. The number of benzene rings is 1. The lowest BCUT2D eigenvalue weighted by Crippen LogP contribution is -2.39. The Balaban J connectivity index is 1.72. The van der Waals surface area contributed by atoms with E-state index in [4.69, 9.17) is 4.74 Å². The van der Waals surface area contributed by atoms with Gasteiger partial charge in [-0.05, 0) is 18.2 Å². The fraction of sp³-hybridized carbons (Fsp3) is 0.286. The fourth-order valence-corrected chi connectivity index (χ4v) is 2.86. The number of hydrogen-bond acceptors (Lipinski definition) is 4. The Hall–Kier alpha value is -1.72. The number of amides is 1. The van der Waals surface area contributed by atoms with Crippen LogP contribution in [0, 0.1) is 0 Å². The molecule has 2 aromatic rings. The smallest absolute Gasteiger partial charge is 0.246 e. The maximum atomic E-state index is 11.9. The zero-order chi connectivity index (χ0) is 13.1. The average Bonchev–Trinajstić information content (AvgIpc) is 2.88. The summed E-state index contributed by atoms with van der Waals surface area (Å²) in [6, 6.07) is 7.97. The van der Waals surface area contributed by atoms with Crippen molar-refractivity contribution in [3.63, 3.8) is 0 Å². The van der Waals surface area contributed by atoms with Crippen LogP contribution in [0.3, 0.4) is 0 Å². The lowest BCUT2D eigenvalue weighted by atomic mass is 10.3. The molecule has 1 aromatic heterocycles. The van der Waals surface area contributed by atoms with Crippen LogP contribution in [0.2, 0.25) is 0 Å². The molecule has 0 N–H and O–H groups in total. The monoisotopic (exact) mass is 274 g/mol. The predicted octanol–water partition coefficient (Wildman–Crippen LogP) is 2.17. The van der Waals surface area contributed by atoms with E-state index in [0.29, 0.717) is 26.3 Å². The van der Waals surface area contributed by atoms with Crippen LogP contribution in [0.25, 0.3) is 16.3 Å². The van der Waals surface area contributed by atoms with Crippen molar-refractivity contribution in [1.29, 1.82) is 0 Å². The molecule has 1 fully saturated rings. The van der Waals surface area contributed by atoms with Gasteiger partial charge in [0.25, 0.3) is 0 Å². The minimum Gasteiger partial charge on any atom is -0.378 e. The zero-order valence-corrected chi connectivity index (χ0v) is 11.2. The van der Waals surface area contributed by atoms with Gasteiger partial charge >= 0.3 is 0 Å². The van der Waals surface area contributed by atoms with Crippen LogP contribution in [0.5, 0.6) is 0 Å². The van der Waals surface area contributed by atoms with Crippen molar-refractivity contribution in [1.82, 2.24) is 9.88 Å². The van der Waals surface area contributed by atoms with Gasteiger partial charge in [0.1, 0.15) is 5.01 Å². The van der Waals surface area contributed by atoms with E-state index in [1.807, 2.05) is 24.3 Å². The quantitative estimate of drug-likeness (QED) is 0.788. The molecule has 1 aromatic carbocycles. The van der Waals surface area contributed by atoms with E-state index in [-0.39, 0.29) is 5.91 Å². The second kappa shape index (κ2) is 5.50. The maximum Gasteiger partial charge on any atom is 0.246 e. The first-order valence-electron chi connectivity index (χ1n) is 6.23. The van der Waals surface area contributed by atoms with Crippen LogP contribution in [0.15, 0.2) is 30.3 Å². The molecule has 19 heavy (non-hydrogen) atoms. The number of nitrogens with zero attached hydrogens (tertiary/aromatic N) is 2. The molecule has 0 unspecified atom stereocenters. The molecule has 3 rings (SSSR count). The molecule has 1 aliphatic heterocycles. The average molecular weight is 274 g/mol. The number of rotatable bonds is 2. The first-order chi connectivity index (χ1) is 9.33. The van der Waals surface area contributed by atoms with Crippen molar-refractivity contribution in [2.45, 2.75) is 0 Å². The molecule has 0 atom stereocenters. The van der Waals surface area contributed by atoms with E-state index in [9.17, 15) is 4.79 Å². The van der Waals surface area contributed by atoms with E-state index in [2.05, 4.69) is 4.98 Å². The Morgan fingerprint density at radius 1 is 1.32 bits per heavy atom. The van der Waals surface area contributed by atoms with Crippen LogP contribution in [0.1, 0.15) is 5.01 Å². The van der Waals surface area contributed by atoms with Crippen LogP contribution in [-0.2, 0) is 9.53 Å². The molecule has 0 aliphatic carbocycles. The van der Waals surface area contributed by atoms with Gasteiger partial charge in [0.05, 0.1) is 23.4 Å². The maximum absolute atomic E-state index is 11.9. The highest BCUT2D eigenvalue weighted by molar-refractivity contribution is 7.19. The lowest BCUT2D eigenvalue weighted by molar-refractivity contribution is -0.129. The highest BCUT2D eigenvalue weighted by Crippen LogP contribution is 2.22. The third-order valence-corrected chi connectivity index (χ3v) is 4.00. The molecule has 1 aliphatic rings. The lowest BCUT2D eigenvalue weighted by Gasteiger charge is -2.25. The Morgan fingerprint density at radius 2 is 2.11 bits per heavy atom. The first kappa shape index (κ1) is 12.3. The van der Waals surface area contributed by atoms with E-state index >= 15 is 0 Å². The van der Waals surface area contributed by atoms with E-state index in [1.165, 1.54) is 0 Å². The fourth-order valence-electron chi connectivity index (χ4n) is 1.99. The van der Waals surface area contributed by atoms with Gasteiger partial charge in [0.15, 0.2) is 0 Å². The molecule has 0 bridgehead atoms. The van der Waals surface area contributed by atoms with Crippen molar-refractivity contribution < 1.29 is 9.53 Å². The van der Waals surface area contributed by atoms with E-state index in [0.717, 1.165) is 15.2 Å². The van der Waals surface area contributed by atoms with Crippen LogP contribution in [0.4, 0.5) is 0 Å². The standard InChI is InChI=1S/C14H14N2O2S/c17-14(16-7-9-18-10-8-16)6-5-13-15-11-3-1-2-4-12(11)19-13/h1-6H,7-10H2. The number of morpholine rings is 1. The summed E-state index contributed by atoms with van der Waals surface area (Å²) in [5, 5.41) is 0.864. The molecule has 0 spiro atoms. The number of thiazole rings is 1. The van der Waals surface area contributed by atoms with Crippen molar-refractivity contribution in [3.05, 3.63) is 35.3 Å². The summed E-state index contributed by atoms with van der Waals surface area (Å²) in [4.78, 5) is 18.2. The molecular weight excluding hydrogens is 260 g/mol. The summed E-state index contributed by atoms with van der Waals surface area (Å²) in [6.07, 6.45) is 3.39. The number of para-hydroxylation sites is 1. The zero-order valence-electron chi connectivity index (χ0n) is 10.4. The summed E-state index contributed by atoms with van der Waals surface area (Å²) >= 11 is 1.59. The molecule has 1 saturated heterocycles. The van der Waals surface area contributed by atoms with Gasteiger partial charge in [0.2, 0.25) is 5.91 Å². The number of fused-ring (bicyclic) bond motifs is 1. The normalized spacial score (nSPS) is 16.3. The van der Waals surface area contributed by atoms with Gasteiger partial charge < -0.3 is 9.64 Å². The number of carbonyl (C=O) groups is 1. The van der Waals surface area contributed by atoms with Gasteiger partial charge in [-0.25, -0.2) is 4.98 Å². The Bertz CT molecular complexity index is 582. The minimum absolute atomic E-state index is 0.0301. The van der Waals surface area contributed by atoms with E-state index < -0.39 is 0 Å². The van der Waals surface area contributed by atoms with Crippen molar-refractivity contribution in [2.75, 3.05) is 26.3 Å². The number of aromatic nitrogens is 1. The summed E-state index contributed by atoms with van der Waals surface area (Å²) in [5.41, 5.74) is 0.978. The number of carbonyl (C=O) groups excluding carboxylic acids is 1. The SMILES string of the molecule is O=C(C=Cc1nc2ccccc2s1)N1CCOCC1. The van der Waals surface area contributed by atoms with E-state index in [1.54, 1.807) is 28.4 Å². The summed E-state index contributed by atoms with van der Waals surface area (Å²) in [7, 11) is 0. The van der Waals surface area contributed by atoms with Gasteiger partial charge in [-0.3, -0.25) is 4.79 Å². The molecule has 4 nitrogen and oxygen atoms in total. The van der Waals surface area contributed by atoms with Gasteiger partial charge in [0, 0.05) is 19.2 Å². The second-order valence-electron chi connectivity index (χ2n) is 4.29. The van der Waals surface area contributed by atoms with Gasteiger partial charge in [-0.1, -0.05) is 12.1 Å². The highest BCUT2D eigenvalue weighted by atomic mass is 32.1. The molecule has 0 radical (unpaired) electrons. The van der Waals surface area contributed by atoms with Gasteiger partial charge in [-0.2, -0.15) is 0 Å². The van der Waals surface area contributed by atoms with Gasteiger partial charge in [-0.15, -0.1) is 11.3 Å².